The van der Waals surface area contributed by atoms with Crippen LogP contribution in [0.4, 0.5) is 5.69 Å². The van der Waals surface area contributed by atoms with Crippen molar-refractivity contribution in [2.45, 2.75) is 38.1 Å². The molecular formula is C24H27N3O4. The maximum Gasteiger partial charge on any atom is 0.239 e. The van der Waals surface area contributed by atoms with E-state index in [1.54, 1.807) is 4.90 Å². The lowest BCUT2D eigenvalue weighted by atomic mass is 10.1. The van der Waals surface area contributed by atoms with Gasteiger partial charge in [-0.25, -0.2) is 0 Å². The van der Waals surface area contributed by atoms with E-state index in [9.17, 15) is 14.4 Å². The molecule has 1 heterocycles. The molecule has 7 heteroatoms. The first-order chi connectivity index (χ1) is 15.1. The molecule has 1 saturated heterocycles. The van der Waals surface area contributed by atoms with Gasteiger partial charge in [-0.15, -0.1) is 0 Å². The largest absolute Gasteiger partial charge is 0.457 e. The first-order valence-electron chi connectivity index (χ1n) is 10.8. The van der Waals surface area contributed by atoms with Crippen molar-refractivity contribution < 1.29 is 19.1 Å². The van der Waals surface area contributed by atoms with Crippen LogP contribution in [0.15, 0.2) is 54.6 Å². The maximum atomic E-state index is 12.5. The summed E-state index contributed by atoms with van der Waals surface area (Å²) in [6, 6.07) is 16.5. The number of para-hydroxylation sites is 1. The van der Waals surface area contributed by atoms with Crippen molar-refractivity contribution in [3.05, 3.63) is 54.6 Å². The van der Waals surface area contributed by atoms with Crippen molar-refractivity contribution in [1.29, 1.82) is 0 Å². The van der Waals surface area contributed by atoms with Crippen molar-refractivity contribution in [3.8, 4) is 11.5 Å². The van der Waals surface area contributed by atoms with Gasteiger partial charge in [-0.2, -0.15) is 0 Å². The predicted octanol–water partition coefficient (Wildman–Crippen LogP) is 3.01. The van der Waals surface area contributed by atoms with Crippen LogP contribution < -0.4 is 20.3 Å². The number of nitrogens with zero attached hydrogens (tertiary/aromatic N) is 1. The van der Waals surface area contributed by atoms with E-state index in [2.05, 4.69) is 10.6 Å². The molecule has 7 nitrogen and oxygen atoms in total. The number of rotatable bonds is 7. The second kappa shape index (κ2) is 9.64. The van der Waals surface area contributed by atoms with Gasteiger partial charge in [-0.1, -0.05) is 31.0 Å². The summed E-state index contributed by atoms with van der Waals surface area (Å²) in [5, 5.41) is 5.57. The Bertz CT molecular complexity index is 924. The van der Waals surface area contributed by atoms with Crippen LogP contribution in [0.2, 0.25) is 0 Å². The third-order valence-corrected chi connectivity index (χ3v) is 5.77. The molecule has 4 rings (SSSR count). The van der Waals surface area contributed by atoms with E-state index < -0.39 is 0 Å². The van der Waals surface area contributed by atoms with Crippen LogP contribution in [-0.2, 0) is 14.4 Å². The number of carbonyl (C=O) groups excluding carboxylic acids is 3. The quantitative estimate of drug-likeness (QED) is 0.719. The minimum atomic E-state index is -0.274. The van der Waals surface area contributed by atoms with E-state index in [4.69, 9.17) is 4.74 Å². The molecule has 1 aliphatic carbocycles. The summed E-state index contributed by atoms with van der Waals surface area (Å²) in [5.41, 5.74) is 0.761. The Hall–Kier alpha value is -3.35. The summed E-state index contributed by atoms with van der Waals surface area (Å²) in [6.45, 7) is 0.353. The second-order valence-corrected chi connectivity index (χ2v) is 8.08. The summed E-state index contributed by atoms with van der Waals surface area (Å²) in [7, 11) is 0. The van der Waals surface area contributed by atoms with Crippen LogP contribution in [0.5, 0.6) is 11.5 Å². The highest BCUT2D eigenvalue weighted by atomic mass is 16.5. The molecule has 0 bridgehead atoms. The standard InChI is InChI=1S/C24H27N3O4/c28-22(15-25-24(30)17-6-4-5-7-17)26-18-14-23(29)27(16-18)19-10-12-21(13-11-19)31-20-8-2-1-3-9-20/h1-3,8-13,17-18H,4-7,14-16H2,(H,25,30)(H,26,28). The van der Waals surface area contributed by atoms with Gasteiger partial charge in [-0.05, 0) is 49.2 Å². The molecule has 1 saturated carbocycles. The molecule has 2 aromatic rings. The normalized spacial score (nSPS) is 18.8. The molecule has 0 radical (unpaired) electrons. The van der Waals surface area contributed by atoms with E-state index in [1.165, 1.54) is 0 Å². The first-order valence-corrected chi connectivity index (χ1v) is 10.8. The fraction of sp³-hybridized carbons (Fsp3) is 0.375. The minimum Gasteiger partial charge on any atom is -0.457 e. The van der Waals surface area contributed by atoms with E-state index in [-0.39, 0.29) is 42.6 Å². The number of benzene rings is 2. The first kappa shape index (κ1) is 20.9. The van der Waals surface area contributed by atoms with Gasteiger partial charge in [0.15, 0.2) is 0 Å². The summed E-state index contributed by atoms with van der Waals surface area (Å²) in [6.07, 6.45) is 4.18. The Morgan fingerprint density at radius 3 is 2.35 bits per heavy atom. The Morgan fingerprint density at radius 1 is 0.968 bits per heavy atom. The van der Waals surface area contributed by atoms with Crippen LogP contribution >= 0.6 is 0 Å². The lowest BCUT2D eigenvalue weighted by Crippen LogP contribution is -2.44. The number of nitrogens with one attached hydrogen (secondary N) is 2. The van der Waals surface area contributed by atoms with Gasteiger partial charge in [-0.3, -0.25) is 14.4 Å². The molecule has 2 fully saturated rings. The minimum absolute atomic E-state index is 0.0326. The van der Waals surface area contributed by atoms with Crippen LogP contribution in [0.3, 0.4) is 0 Å². The summed E-state index contributed by atoms with van der Waals surface area (Å²) in [4.78, 5) is 38.4. The number of hydrogen-bond acceptors (Lipinski definition) is 4. The van der Waals surface area contributed by atoms with E-state index in [0.717, 1.165) is 37.1 Å². The summed E-state index contributed by atoms with van der Waals surface area (Å²) >= 11 is 0. The van der Waals surface area contributed by atoms with Gasteiger partial charge in [0, 0.05) is 24.6 Å². The molecule has 3 amide bonds. The molecule has 0 spiro atoms. The smallest absolute Gasteiger partial charge is 0.239 e. The number of hydrogen-bond donors (Lipinski definition) is 2. The molecule has 31 heavy (non-hydrogen) atoms. The number of anilines is 1. The van der Waals surface area contributed by atoms with Crippen LogP contribution in [0, 0.1) is 5.92 Å². The number of amides is 3. The van der Waals surface area contributed by atoms with Gasteiger partial charge < -0.3 is 20.3 Å². The Balaban J connectivity index is 1.26. The number of carbonyl (C=O) groups is 3. The third kappa shape index (κ3) is 5.42. The molecule has 2 aliphatic rings. The van der Waals surface area contributed by atoms with Gasteiger partial charge in [0.2, 0.25) is 17.7 Å². The van der Waals surface area contributed by atoms with E-state index >= 15 is 0 Å². The van der Waals surface area contributed by atoms with Gasteiger partial charge in [0.25, 0.3) is 0 Å². The average molecular weight is 421 g/mol. The molecule has 2 aromatic carbocycles. The van der Waals surface area contributed by atoms with Crippen LogP contribution in [0.1, 0.15) is 32.1 Å². The van der Waals surface area contributed by atoms with Gasteiger partial charge in [0.05, 0.1) is 12.6 Å². The van der Waals surface area contributed by atoms with Crippen molar-refractivity contribution in [2.75, 3.05) is 18.0 Å². The van der Waals surface area contributed by atoms with Crippen LogP contribution in [0.25, 0.3) is 0 Å². The lowest BCUT2D eigenvalue weighted by Gasteiger charge is -2.18. The zero-order valence-electron chi connectivity index (χ0n) is 17.4. The third-order valence-electron chi connectivity index (χ3n) is 5.77. The molecule has 1 aliphatic heterocycles. The lowest BCUT2D eigenvalue weighted by molar-refractivity contribution is -0.128. The Morgan fingerprint density at radius 2 is 1.65 bits per heavy atom. The van der Waals surface area contributed by atoms with Crippen molar-refractivity contribution in [1.82, 2.24) is 10.6 Å². The fourth-order valence-corrected chi connectivity index (χ4v) is 4.15. The summed E-state index contributed by atoms with van der Waals surface area (Å²) in [5.74, 6) is 1.11. The zero-order chi connectivity index (χ0) is 21.6. The molecule has 1 atom stereocenters. The van der Waals surface area contributed by atoms with Crippen molar-refractivity contribution in [3.63, 3.8) is 0 Å². The topological polar surface area (TPSA) is 87.7 Å². The van der Waals surface area contributed by atoms with Gasteiger partial charge in [0.1, 0.15) is 11.5 Å². The average Bonchev–Trinajstić information content (AvgIpc) is 3.44. The van der Waals surface area contributed by atoms with E-state index in [0.29, 0.717) is 12.3 Å². The molecule has 1 unspecified atom stereocenters. The Labute approximate surface area is 181 Å². The second-order valence-electron chi connectivity index (χ2n) is 8.08. The Kier molecular flexibility index (Phi) is 6.50. The number of ether oxygens (including phenoxy) is 1. The van der Waals surface area contributed by atoms with Crippen molar-refractivity contribution in [2.24, 2.45) is 5.92 Å². The summed E-state index contributed by atoms with van der Waals surface area (Å²) < 4.78 is 5.78. The SMILES string of the molecule is O=C(CNC(=O)C1CCCC1)NC1CC(=O)N(c2ccc(Oc3ccccc3)cc2)C1. The molecule has 0 aromatic heterocycles. The van der Waals surface area contributed by atoms with Crippen LogP contribution in [-0.4, -0.2) is 36.9 Å². The maximum absolute atomic E-state index is 12.5. The van der Waals surface area contributed by atoms with E-state index in [1.807, 2.05) is 54.6 Å². The fourth-order valence-electron chi connectivity index (χ4n) is 4.15. The van der Waals surface area contributed by atoms with Crippen molar-refractivity contribution >= 4 is 23.4 Å². The highest BCUT2D eigenvalue weighted by Gasteiger charge is 2.32. The monoisotopic (exact) mass is 421 g/mol. The molecule has 162 valence electrons. The molecule has 2 N–H and O–H groups in total. The molecular weight excluding hydrogens is 394 g/mol. The predicted molar refractivity (Wildman–Crippen MR) is 117 cm³/mol. The zero-order valence-corrected chi connectivity index (χ0v) is 17.4. The highest BCUT2D eigenvalue weighted by molar-refractivity contribution is 5.97. The van der Waals surface area contributed by atoms with Gasteiger partial charge >= 0.3 is 0 Å². The highest BCUT2D eigenvalue weighted by Crippen LogP contribution is 2.27.